The topological polar surface area (TPSA) is 249 Å². The van der Waals surface area contributed by atoms with Crippen molar-refractivity contribution in [2.45, 2.75) is 44.4 Å². The number of amides is 2. The molecule has 0 aromatic heterocycles. The van der Waals surface area contributed by atoms with Crippen molar-refractivity contribution in [3.05, 3.63) is 50.6 Å². The Balaban J connectivity index is 3.01. The van der Waals surface area contributed by atoms with Gasteiger partial charge in [-0.25, -0.2) is 14.9 Å². The number of nitrogens with zero attached hydrogens (tertiary/aromatic N) is 4. The second kappa shape index (κ2) is 11.9. The minimum Gasteiger partial charge on any atom is -0.480 e. The van der Waals surface area contributed by atoms with E-state index in [9.17, 15) is 39.7 Å². The van der Waals surface area contributed by atoms with Gasteiger partial charge in [-0.15, -0.1) is 0 Å². The van der Waals surface area contributed by atoms with Crippen LogP contribution < -0.4 is 27.1 Å². The number of guanidine groups is 1. The van der Waals surface area contributed by atoms with Gasteiger partial charge in [0, 0.05) is 13.5 Å². The highest BCUT2D eigenvalue weighted by molar-refractivity contribution is 5.93. The first-order valence-electron chi connectivity index (χ1n) is 9.86. The van der Waals surface area contributed by atoms with Gasteiger partial charge in [-0.2, -0.15) is 0 Å². The van der Waals surface area contributed by atoms with Crippen molar-refractivity contribution in [1.29, 1.82) is 0 Å². The summed E-state index contributed by atoms with van der Waals surface area (Å²) in [6.45, 7) is 1.98. The molecule has 0 radical (unpaired) electrons. The molecule has 34 heavy (non-hydrogen) atoms. The number of anilines is 1. The number of para-hydroxylation sites is 1. The number of nitrogens with one attached hydrogen (secondary N) is 2. The molecular formula is C18H26N8O8. The van der Waals surface area contributed by atoms with Gasteiger partial charge in [-0.1, -0.05) is 18.2 Å². The maximum absolute atomic E-state index is 12.8. The second-order valence-electron chi connectivity index (χ2n) is 7.21. The van der Waals surface area contributed by atoms with Crippen molar-refractivity contribution in [2.75, 3.05) is 11.6 Å². The lowest BCUT2D eigenvalue weighted by Crippen LogP contribution is -2.66. The van der Waals surface area contributed by atoms with Crippen molar-refractivity contribution in [3.63, 3.8) is 0 Å². The number of nitrogens with two attached hydrogens (primary N) is 2. The molecule has 186 valence electrons. The first-order chi connectivity index (χ1) is 15.8. The fraction of sp³-hybridized carbons (Fsp3) is 0.444. The third kappa shape index (κ3) is 7.01. The summed E-state index contributed by atoms with van der Waals surface area (Å²) in [5, 5.41) is 35.9. The van der Waals surface area contributed by atoms with Crippen LogP contribution >= 0.6 is 0 Å². The lowest BCUT2D eigenvalue weighted by molar-refractivity contribution is -0.619. The van der Waals surface area contributed by atoms with Gasteiger partial charge in [-0.05, 0) is 36.9 Å². The zero-order chi connectivity index (χ0) is 26.1. The highest BCUT2D eigenvalue weighted by Gasteiger charge is 2.59. The number of carboxylic acid groups (broad SMARTS) is 1. The molecule has 1 aromatic carbocycles. The molecule has 0 saturated heterocycles. The van der Waals surface area contributed by atoms with Crippen molar-refractivity contribution in [2.24, 2.45) is 16.5 Å². The van der Waals surface area contributed by atoms with E-state index >= 15 is 0 Å². The summed E-state index contributed by atoms with van der Waals surface area (Å²) in [5.41, 5.74) is 7.17. The van der Waals surface area contributed by atoms with E-state index in [1.165, 1.54) is 30.3 Å². The van der Waals surface area contributed by atoms with E-state index in [1.54, 1.807) is 0 Å². The third-order valence-corrected chi connectivity index (χ3v) is 4.66. The molecule has 0 spiro atoms. The average Bonchev–Trinajstić information content (AvgIpc) is 2.75. The quantitative estimate of drug-likeness (QED) is 0.0557. The standard InChI is InChI=1S/C18H26N8O8/c1-11(14(27)23-13(15(28)29)9-6-10-21-17(19)20)22-16(30)18(2,25(31)32)24(26(33)34)12-7-4-3-5-8-12/h3-5,7-8,11,13H,6,9-10H2,1-2H3,(H,22,30)(H,23,27)(H,28,29)(H4,19,20,21)/t11-,13-,18+/m0/s1. The van der Waals surface area contributed by atoms with Crippen LogP contribution in [0, 0.1) is 20.2 Å². The van der Waals surface area contributed by atoms with E-state index in [-0.39, 0.29) is 36.0 Å². The Hall–Kier alpha value is -4.50. The Bertz CT molecular complexity index is 953. The second-order valence-corrected chi connectivity index (χ2v) is 7.21. The SMILES string of the molecule is C[C@H](NC(=O)[C@](C)(N(c1ccccc1)[N+](=O)[O-])[N+](=O)[O-])C(=O)N[C@@H](CCCN=C(N)N)C(=O)O. The summed E-state index contributed by atoms with van der Waals surface area (Å²) in [6.07, 6.45) is 0.165. The molecular weight excluding hydrogens is 456 g/mol. The van der Waals surface area contributed by atoms with Crippen LogP contribution in [0.5, 0.6) is 0 Å². The molecule has 7 N–H and O–H groups in total. The van der Waals surface area contributed by atoms with E-state index in [1.807, 2.05) is 5.32 Å². The number of nitro groups is 2. The van der Waals surface area contributed by atoms with Crippen LogP contribution in [0.1, 0.15) is 26.7 Å². The van der Waals surface area contributed by atoms with Crippen molar-refractivity contribution in [3.8, 4) is 0 Å². The summed E-state index contributed by atoms with van der Waals surface area (Å²) in [5.74, 6) is -3.98. The number of hydrogen-bond acceptors (Lipinski definition) is 8. The van der Waals surface area contributed by atoms with E-state index in [2.05, 4.69) is 10.3 Å². The number of carbonyl (C=O) groups excluding carboxylic acids is 2. The van der Waals surface area contributed by atoms with Gasteiger partial charge in [0.1, 0.15) is 17.8 Å². The zero-order valence-corrected chi connectivity index (χ0v) is 18.4. The summed E-state index contributed by atoms with van der Waals surface area (Å²) in [7, 11) is 0. The molecule has 1 aromatic rings. The number of hydrazine groups is 1. The summed E-state index contributed by atoms with van der Waals surface area (Å²) < 4.78 is 0. The van der Waals surface area contributed by atoms with E-state index < -0.39 is 45.5 Å². The molecule has 0 aliphatic carbocycles. The molecule has 0 heterocycles. The maximum Gasteiger partial charge on any atom is 0.423 e. The number of aliphatic imine (C=N–C) groups is 1. The zero-order valence-electron chi connectivity index (χ0n) is 18.4. The van der Waals surface area contributed by atoms with Crippen LogP contribution in [0.4, 0.5) is 5.69 Å². The maximum atomic E-state index is 12.8. The lowest BCUT2D eigenvalue weighted by atomic mass is 10.1. The number of carboxylic acids is 1. The molecule has 3 atom stereocenters. The number of aliphatic carboxylic acids is 1. The van der Waals surface area contributed by atoms with Crippen molar-refractivity contribution >= 4 is 29.4 Å². The number of benzene rings is 1. The largest absolute Gasteiger partial charge is 0.480 e. The summed E-state index contributed by atoms with van der Waals surface area (Å²) in [4.78, 5) is 62.6. The van der Waals surface area contributed by atoms with Crippen LogP contribution in [-0.4, -0.2) is 63.1 Å². The van der Waals surface area contributed by atoms with Crippen LogP contribution in [-0.2, 0) is 14.4 Å². The van der Waals surface area contributed by atoms with Gasteiger partial charge >= 0.3 is 17.5 Å². The monoisotopic (exact) mass is 482 g/mol. The molecule has 1 rings (SSSR count). The Morgan fingerprint density at radius 1 is 1.18 bits per heavy atom. The number of rotatable bonds is 13. The molecule has 2 amide bonds. The predicted molar refractivity (Wildman–Crippen MR) is 118 cm³/mol. The Morgan fingerprint density at radius 3 is 2.24 bits per heavy atom. The van der Waals surface area contributed by atoms with Gasteiger partial charge in [0.15, 0.2) is 11.0 Å². The molecule has 0 unspecified atom stereocenters. The molecule has 0 aliphatic rings. The third-order valence-electron chi connectivity index (χ3n) is 4.66. The normalized spacial score (nSPS) is 13.9. The molecule has 0 aliphatic heterocycles. The van der Waals surface area contributed by atoms with Gasteiger partial charge in [0.2, 0.25) is 5.91 Å². The summed E-state index contributed by atoms with van der Waals surface area (Å²) >= 11 is 0. The van der Waals surface area contributed by atoms with Crippen LogP contribution in [0.2, 0.25) is 0 Å². The molecule has 0 saturated carbocycles. The molecule has 16 heteroatoms. The average molecular weight is 482 g/mol. The van der Waals surface area contributed by atoms with Crippen LogP contribution in [0.25, 0.3) is 0 Å². The predicted octanol–water partition coefficient (Wildman–Crippen LogP) is -1.19. The Kier molecular flexibility index (Phi) is 9.66. The molecule has 0 bridgehead atoms. The van der Waals surface area contributed by atoms with Crippen LogP contribution in [0.3, 0.4) is 0 Å². The van der Waals surface area contributed by atoms with E-state index in [0.29, 0.717) is 6.92 Å². The smallest absolute Gasteiger partial charge is 0.423 e. The molecule has 0 fully saturated rings. The Labute approximate surface area is 193 Å². The minimum atomic E-state index is -2.94. The van der Waals surface area contributed by atoms with Crippen LogP contribution in [0.15, 0.2) is 35.3 Å². The van der Waals surface area contributed by atoms with E-state index in [0.717, 1.165) is 6.92 Å². The van der Waals surface area contributed by atoms with Gasteiger partial charge in [-0.3, -0.25) is 24.7 Å². The highest BCUT2D eigenvalue weighted by atomic mass is 16.7. The Morgan fingerprint density at radius 2 is 1.76 bits per heavy atom. The number of carbonyl (C=O) groups is 3. The first kappa shape index (κ1) is 27.5. The fourth-order valence-electron chi connectivity index (χ4n) is 2.79. The highest BCUT2D eigenvalue weighted by Crippen LogP contribution is 2.25. The first-order valence-corrected chi connectivity index (χ1v) is 9.86. The van der Waals surface area contributed by atoms with Crippen molar-refractivity contribution in [1.82, 2.24) is 10.6 Å². The van der Waals surface area contributed by atoms with Crippen molar-refractivity contribution < 1.29 is 29.4 Å². The van der Waals surface area contributed by atoms with Gasteiger partial charge in [0.05, 0.1) is 4.92 Å². The minimum absolute atomic E-state index is 0.0474. The van der Waals surface area contributed by atoms with E-state index in [4.69, 9.17) is 11.5 Å². The molecule has 16 nitrogen and oxygen atoms in total. The summed E-state index contributed by atoms with van der Waals surface area (Å²) in [6, 6.07) is 3.88. The van der Waals surface area contributed by atoms with Gasteiger partial charge < -0.3 is 27.2 Å². The number of hydrogen-bond donors (Lipinski definition) is 5. The lowest BCUT2D eigenvalue weighted by Gasteiger charge is -2.27. The fourth-order valence-corrected chi connectivity index (χ4v) is 2.79. The van der Waals surface area contributed by atoms with Gasteiger partial charge in [0.25, 0.3) is 0 Å².